The summed E-state index contributed by atoms with van der Waals surface area (Å²) in [7, 11) is 0. The van der Waals surface area contributed by atoms with Crippen LogP contribution in [0.25, 0.3) is 0 Å². The van der Waals surface area contributed by atoms with E-state index in [1.165, 1.54) is 29.6 Å². The maximum Gasteiger partial charge on any atom is 0.131 e. The molecule has 25 heavy (non-hydrogen) atoms. The van der Waals surface area contributed by atoms with Crippen LogP contribution in [0.15, 0.2) is 60.9 Å². The Labute approximate surface area is 147 Å². The third-order valence-corrected chi connectivity index (χ3v) is 3.89. The molecule has 4 nitrogen and oxygen atoms in total. The van der Waals surface area contributed by atoms with Crippen molar-refractivity contribution < 1.29 is 4.39 Å². The quantitative estimate of drug-likeness (QED) is 0.679. The van der Waals surface area contributed by atoms with Crippen molar-refractivity contribution in [2.75, 3.05) is 17.2 Å². The van der Waals surface area contributed by atoms with E-state index in [2.05, 4.69) is 51.8 Å². The first kappa shape index (κ1) is 16.9. The lowest BCUT2D eigenvalue weighted by Crippen LogP contribution is -2.08. The molecule has 1 aromatic heterocycles. The lowest BCUT2D eigenvalue weighted by molar-refractivity contribution is 0.627. The van der Waals surface area contributed by atoms with Gasteiger partial charge in [0.05, 0.1) is 0 Å². The van der Waals surface area contributed by atoms with Crippen LogP contribution in [0.5, 0.6) is 0 Å². The van der Waals surface area contributed by atoms with Gasteiger partial charge in [0.2, 0.25) is 0 Å². The molecule has 0 saturated heterocycles. The fourth-order valence-electron chi connectivity index (χ4n) is 2.44. The van der Waals surface area contributed by atoms with Crippen LogP contribution in [0, 0.1) is 12.7 Å². The molecule has 5 heteroatoms. The van der Waals surface area contributed by atoms with Gasteiger partial charge in [-0.2, -0.15) is 0 Å². The van der Waals surface area contributed by atoms with Gasteiger partial charge in [-0.25, -0.2) is 14.4 Å². The number of hydrogen-bond donors (Lipinski definition) is 2. The van der Waals surface area contributed by atoms with Crippen LogP contribution >= 0.6 is 0 Å². The van der Waals surface area contributed by atoms with Crippen molar-refractivity contribution in [3.8, 4) is 0 Å². The van der Waals surface area contributed by atoms with E-state index in [4.69, 9.17) is 0 Å². The lowest BCUT2D eigenvalue weighted by atomic mass is 10.1. The van der Waals surface area contributed by atoms with E-state index in [0.29, 0.717) is 6.54 Å². The Morgan fingerprint density at radius 3 is 2.20 bits per heavy atom. The second-order valence-electron chi connectivity index (χ2n) is 5.93. The fourth-order valence-corrected chi connectivity index (χ4v) is 2.44. The molecule has 2 N–H and O–H groups in total. The van der Waals surface area contributed by atoms with E-state index in [0.717, 1.165) is 30.2 Å². The first-order valence-corrected chi connectivity index (χ1v) is 8.29. The number of nitrogens with zero attached hydrogens (tertiary/aromatic N) is 2. The van der Waals surface area contributed by atoms with Crippen LogP contribution in [0.4, 0.5) is 16.0 Å². The van der Waals surface area contributed by atoms with E-state index >= 15 is 0 Å². The Morgan fingerprint density at radius 2 is 1.48 bits per heavy atom. The molecule has 1 heterocycles. The van der Waals surface area contributed by atoms with Crippen LogP contribution in [-0.2, 0) is 13.0 Å². The van der Waals surface area contributed by atoms with Crippen molar-refractivity contribution in [3.63, 3.8) is 0 Å². The van der Waals surface area contributed by atoms with Crippen molar-refractivity contribution in [2.24, 2.45) is 0 Å². The third kappa shape index (κ3) is 5.28. The Morgan fingerprint density at radius 1 is 0.840 bits per heavy atom. The largest absolute Gasteiger partial charge is 0.370 e. The zero-order chi connectivity index (χ0) is 17.5. The van der Waals surface area contributed by atoms with Gasteiger partial charge in [0.15, 0.2) is 0 Å². The van der Waals surface area contributed by atoms with Crippen molar-refractivity contribution in [1.29, 1.82) is 0 Å². The van der Waals surface area contributed by atoms with Gasteiger partial charge >= 0.3 is 0 Å². The van der Waals surface area contributed by atoms with Gasteiger partial charge in [0.25, 0.3) is 0 Å². The van der Waals surface area contributed by atoms with Gasteiger partial charge in [0.1, 0.15) is 23.8 Å². The highest BCUT2D eigenvalue weighted by Crippen LogP contribution is 2.11. The number of anilines is 2. The molecule has 2 aromatic carbocycles. The summed E-state index contributed by atoms with van der Waals surface area (Å²) in [6, 6.07) is 16.8. The van der Waals surface area contributed by atoms with Gasteiger partial charge in [0, 0.05) is 19.2 Å². The molecule has 0 saturated carbocycles. The Balaban J connectivity index is 1.50. The molecule has 0 aliphatic carbocycles. The highest BCUT2D eigenvalue weighted by molar-refractivity contribution is 5.46. The third-order valence-electron chi connectivity index (χ3n) is 3.89. The van der Waals surface area contributed by atoms with E-state index in [-0.39, 0.29) is 5.82 Å². The Kier molecular flexibility index (Phi) is 5.57. The van der Waals surface area contributed by atoms with Crippen LogP contribution in [0.1, 0.15) is 16.7 Å². The molecule has 0 atom stereocenters. The van der Waals surface area contributed by atoms with Crippen LogP contribution in [0.2, 0.25) is 0 Å². The number of nitrogens with one attached hydrogen (secondary N) is 2. The van der Waals surface area contributed by atoms with Crippen molar-refractivity contribution in [1.82, 2.24) is 9.97 Å². The number of rotatable bonds is 7. The number of aromatic nitrogens is 2. The molecular formula is C20H21FN4. The summed E-state index contributed by atoms with van der Waals surface area (Å²) in [5.41, 5.74) is 3.54. The summed E-state index contributed by atoms with van der Waals surface area (Å²) in [6.45, 7) is 3.51. The standard InChI is InChI=1S/C20H21FN4/c1-15-2-4-17(5-3-15)13-23-20-12-19(24-14-25-20)22-11-10-16-6-8-18(21)9-7-16/h2-9,12,14H,10-11,13H2,1H3,(H2,22,23,24,25). The topological polar surface area (TPSA) is 49.8 Å². The second kappa shape index (κ2) is 8.24. The lowest BCUT2D eigenvalue weighted by Gasteiger charge is -2.09. The highest BCUT2D eigenvalue weighted by Gasteiger charge is 2.00. The summed E-state index contributed by atoms with van der Waals surface area (Å²) in [5.74, 6) is 1.33. The first-order valence-electron chi connectivity index (χ1n) is 8.29. The molecule has 0 fully saturated rings. The van der Waals surface area contributed by atoms with E-state index in [9.17, 15) is 4.39 Å². The van der Waals surface area contributed by atoms with Gasteiger partial charge in [-0.1, -0.05) is 42.0 Å². The number of aryl methyl sites for hydroxylation is 1. The average Bonchev–Trinajstić information content (AvgIpc) is 2.63. The monoisotopic (exact) mass is 336 g/mol. The SMILES string of the molecule is Cc1ccc(CNc2cc(NCCc3ccc(F)cc3)ncn2)cc1. The predicted molar refractivity (Wildman–Crippen MR) is 99.1 cm³/mol. The fraction of sp³-hybridized carbons (Fsp3) is 0.200. The second-order valence-corrected chi connectivity index (χ2v) is 5.93. The summed E-state index contributed by atoms with van der Waals surface area (Å²) in [6.07, 6.45) is 2.34. The molecule has 0 amide bonds. The minimum absolute atomic E-state index is 0.211. The summed E-state index contributed by atoms with van der Waals surface area (Å²) >= 11 is 0. The average molecular weight is 336 g/mol. The predicted octanol–water partition coefficient (Wildman–Crippen LogP) is 4.19. The first-order chi connectivity index (χ1) is 12.2. The van der Waals surface area contributed by atoms with Crippen molar-refractivity contribution >= 4 is 11.6 Å². The molecule has 0 spiro atoms. The zero-order valence-corrected chi connectivity index (χ0v) is 14.2. The molecule has 0 unspecified atom stereocenters. The van der Waals surface area contributed by atoms with E-state index in [1.807, 2.05) is 6.07 Å². The van der Waals surface area contributed by atoms with Crippen LogP contribution in [0.3, 0.4) is 0 Å². The number of hydrogen-bond acceptors (Lipinski definition) is 4. The molecule has 0 aliphatic heterocycles. The maximum atomic E-state index is 12.9. The Bertz CT molecular complexity index is 801. The zero-order valence-electron chi connectivity index (χ0n) is 14.2. The van der Waals surface area contributed by atoms with Gasteiger partial charge < -0.3 is 10.6 Å². The van der Waals surface area contributed by atoms with E-state index < -0.39 is 0 Å². The summed E-state index contributed by atoms with van der Waals surface area (Å²) in [4.78, 5) is 8.47. The minimum atomic E-state index is -0.211. The molecule has 0 aliphatic rings. The molecular weight excluding hydrogens is 315 g/mol. The summed E-state index contributed by atoms with van der Waals surface area (Å²) in [5, 5.41) is 6.57. The van der Waals surface area contributed by atoms with Crippen LogP contribution < -0.4 is 10.6 Å². The summed E-state index contributed by atoms with van der Waals surface area (Å²) < 4.78 is 12.9. The molecule has 0 bridgehead atoms. The van der Waals surface area contributed by atoms with Gasteiger partial charge in [-0.3, -0.25) is 0 Å². The highest BCUT2D eigenvalue weighted by atomic mass is 19.1. The molecule has 0 radical (unpaired) electrons. The normalized spacial score (nSPS) is 10.5. The molecule has 3 rings (SSSR count). The maximum absolute atomic E-state index is 12.9. The van der Waals surface area contributed by atoms with Crippen LogP contribution in [-0.4, -0.2) is 16.5 Å². The minimum Gasteiger partial charge on any atom is -0.370 e. The van der Waals surface area contributed by atoms with Crippen molar-refractivity contribution in [3.05, 3.63) is 83.4 Å². The Hall–Kier alpha value is -2.95. The van der Waals surface area contributed by atoms with Gasteiger partial charge in [-0.15, -0.1) is 0 Å². The number of benzene rings is 2. The van der Waals surface area contributed by atoms with E-state index in [1.54, 1.807) is 12.1 Å². The molecule has 128 valence electrons. The van der Waals surface area contributed by atoms with Crippen molar-refractivity contribution in [2.45, 2.75) is 19.9 Å². The molecule has 3 aromatic rings. The number of halogens is 1. The smallest absolute Gasteiger partial charge is 0.131 e. The van der Waals surface area contributed by atoms with Gasteiger partial charge in [-0.05, 0) is 36.6 Å².